The van der Waals surface area contributed by atoms with E-state index in [1.54, 1.807) is 0 Å². The average molecular weight is 459 g/mol. The van der Waals surface area contributed by atoms with Crippen LogP contribution in [-0.4, -0.2) is 74.5 Å². The molecule has 3 fully saturated rings. The molecule has 31 heavy (non-hydrogen) atoms. The van der Waals surface area contributed by atoms with Gasteiger partial charge in [-0.3, -0.25) is 4.79 Å². The molecular formula is C22H43ClN6O2. The molecule has 3 heterocycles. The van der Waals surface area contributed by atoms with Gasteiger partial charge in [-0.05, 0) is 50.6 Å². The molecule has 7 atom stereocenters. The van der Waals surface area contributed by atoms with E-state index in [4.69, 9.17) is 27.8 Å². The Morgan fingerprint density at radius 1 is 1.19 bits per heavy atom. The summed E-state index contributed by atoms with van der Waals surface area (Å²) < 4.78 is 6.34. The Labute approximate surface area is 192 Å². The van der Waals surface area contributed by atoms with Gasteiger partial charge in [0, 0.05) is 31.1 Å². The molecule has 8 nitrogen and oxygen atoms in total. The summed E-state index contributed by atoms with van der Waals surface area (Å²) in [5.41, 5.74) is 12.5. The van der Waals surface area contributed by atoms with Gasteiger partial charge in [-0.2, -0.15) is 0 Å². The molecule has 5 unspecified atom stereocenters. The number of hydrogen-bond acceptors (Lipinski definition) is 7. The first-order valence-electron chi connectivity index (χ1n) is 12.1. The number of nitrogens with one attached hydrogen (secondary N) is 4. The lowest BCUT2D eigenvalue weighted by atomic mass is 9.73. The van der Waals surface area contributed by atoms with Gasteiger partial charge in [0.05, 0.1) is 30.3 Å². The summed E-state index contributed by atoms with van der Waals surface area (Å²) in [6, 6.07) is -0.198. The van der Waals surface area contributed by atoms with Crippen molar-refractivity contribution in [2.75, 3.05) is 32.7 Å². The zero-order valence-electron chi connectivity index (χ0n) is 19.2. The van der Waals surface area contributed by atoms with Crippen molar-refractivity contribution in [1.29, 1.82) is 0 Å². The Morgan fingerprint density at radius 3 is 2.61 bits per heavy atom. The van der Waals surface area contributed by atoms with Gasteiger partial charge in [0.2, 0.25) is 5.91 Å². The molecule has 180 valence electrons. The van der Waals surface area contributed by atoms with Crippen LogP contribution in [-0.2, 0) is 9.53 Å². The van der Waals surface area contributed by atoms with Crippen LogP contribution < -0.4 is 32.7 Å². The first-order valence-corrected chi connectivity index (χ1v) is 12.5. The number of carbonyl (C=O) groups is 1. The van der Waals surface area contributed by atoms with Crippen molar-refractivity contribution >= 4 is 17.5 Å². The van der Waals surface area contributed by atoms with Gasteiger partial charge in [-0.25, -0.2) is 0 Å². The van der Waals surface area contributed by atoms with Gasteiger partial charge in [-0.15, -0.1) is 11.6 Å². The minimum Gasteiger partial charge on any atom is -0.371 e. The number of piperidine rings is 1. The van der Waals surface area contributed by atoms with Crippen molar-refractivity contribution in [2.24, 2.45) is 22.8 Å². The molecule has 3 aliphatic rings. The molecule has 0 spiro atoms. The highest BCUT2D eigenvalue weighted by Gasteiger charge is 2.40. The Hall–Kier alpha value is -0.480. The van der Waals surface area contributed by atoms with E-state index in [0.29, 0.717) is 13.1 Å². The smallest absolute Gasteiger partial charge is 0.227 e. The molecule has 1 amide bonds. The fraction of sp³-hybridized carbons (Fsp3) is 0.955. The standard InChI is InChI=1S/C22H43ClN6O2/c1-3-22(2)7-4-14(23)11-28-16(10-22)19(20(24)25)21(30)29-17-13-27-9-6-18(17)31-15-5-8-26-12-15/h14-20,26-28H,3-13,24-25H2,1-2H3,(H,29,30)/t14?,15-,16?,17?,18?,19?,22-/m1/s1. The van der Waals surface area contributed by atoms with Crippen LogP contribution >= 0.6 is 11.6 Å². The molecule has 3 rings (SSSR count). The maximum absolute atomic E-state index is 13.5. The van der Waals surface area contributed by atoms with Crippen molar-refractivity contribution < 1.29 is 9.53 Å². The molecule has 8 N–H and O–H groups in total. The van der Waals surface area contributed by atoms with Crippen LogP contribution in [0.3, 0.4) is 0 Å². The summed E-state index contributed by atoms with van der Waals surface area (Å²) in [4.78, 5) is 13.5. The predicted octanol–water partition coefficient (Wildman–Crippen LogP) is 0.237. The number of nitrogens with two attached hydrogens (primary N) is 2. The normalized spacial score (nSPS) is 38.5. The number of hydrogen-bond donors (Lipinski definition) is 6. The first kappa shape index (κ1) is 25.1. The Morgan fingerprint density at radius 2 is 1.94 bits per heavy atom. The number of amides is 1. The van der Waals surface area contributed by atoms with E-state index in [-0.39, 0.29) is 41.0 Å². The number of rotatable bonds is 7. The third kappa shape index (κ3) is 7.00. The van der Waals surface area contributed by atoms with E-state index in [1.807, 2.05) is 0 Å². The first-order chi connectivity index (χ1) is 14.8. The van der Waals surface area contributed by atoms with E-state index in [1.165, 1.54) is 0 Å². The van der Waals surface area contributed by atoms with Crippen molar-refractivity contribution in [3.63, 3.8) is 0 Å². The minimum absolute atomic E-state index is 0.00294. The highest BCUT2D eigenvalue weighted by Crippen LogP contribution is 2.37. The van der Waals surface area contributed by atoms with Crippen LogP contribution in [0.25, 0.3) is 0 Å². The zero-order valence-corrected chi connectivity index (χ0v) is 19.9. The van der Waals surface area contributed by atoms with E-state index in [2.05, 4.69) is 35.1 Å². The summed E-state index contributed by atoms with van der Waals surface area (Å²) in [6.07, 6.45) is 5.26. The van der Waals surface area contributed by atoms with Crippen LogP contribution in [0.15, 0.2) is 0 Å². The maximum atomic E-state index is 13.5. The number of halogens is 1. The number of alkyl halides is 1. The summed E-state index contributed by atoms with van der Waals surface area (Å²) in [5.74, 6) is -0.618. The van der Waals surface area contributed by atoms with E-state index < -0.39 is 12.1 Å². The second-order valence-electron chi connectivity index (χ2n) is 10.0. The second-order valence-corrected chi connectivity index (χ2v) is 10.6. The molecule has 3 aliphatic heterocycles. The maximum Gasteiger partial charge on any atom is 0.227 e. The lowest BCUT2D eigenvalue weighted by molar-refractivity contribution is -0.130. The molecule has 0 saturated carbocycles. The predicted molar refractivity (Wildman–Crippen MR) is 125 cm³/mol. The van der Waals surface area contributed by atoms with Gasteiger partial charge in [0.1, 0.15) is 0 Å². The molecular weight excluding hydrogens is 416 g/mol. The van der Waals surface area contributed by atoms with Crippen molar-refractivity contribution in [1.82, 2.24) is 21.3 Å². The molecule has 3 saturated heterocycles. The highest BCUT2D eigenvalue weighted by atomic mass is 35.5. The Bertz CT molecular complexity index is 576. The van der Waals surface area contributed by atoms with Gasteiger partial charge < -0.3 is 37.5 Å². The van der Waals surface area contributed by atoms with Gasteiger partial charge in [0.15, 0.2) is 0 Å². The largest absolute Gasteiger partial charge is 0.371 e. The van der Waals surface area contributed by atoms with Gasteiger partial charge >= 0.3 is 0 Å². The minimum atomic E-state index is -0.748. The lowest BCUT2D eigenvalue weighted by Crippen LogP contribution is -2.62. The number of carbonyl (C=O) groups excluding carboxylic acids is 1. The van der Waals surface area contributed by atoms with Crippen molar-refractivity contribution in [2.45, 2.75) is 88.2 Å². The second kappa shape index (κ2) is 11.6. The van der Waals surface area contributed by atoms with Crippen LogP contribution in [0.4, 0.5) is 0 Å². The van der Waals surface area contributed by atoms with E-state index in [9.17, 15) is 4.79 Å². The number of ether oxygens (including phenoxy) is 1. The monoisotopic (exact) mass is 458 g/mol. The van der Waals surface area contributed by atoms with Crippen molar-refractivity contribution in [3.8, 4) is 0 Å². The Balaban J connectivity index is 1.69. The van der Waals surface area contributed by atoms with Gasteiger partial charge in [-0.1, -0.05) is 20.3 Å². The highest BCUT2D eigenvalue weighted by molar-refractivity contribution is 6.20. The third-order valence-corrected chi connectivity index (χ3v) is 7.88. The summed E-state index contributed by atoms with van der Waals surface area (Å²) in [5, 5.41) is 13.5. The molecule has 9 heteroatoms. The molecule has 0 bridgehead atoms. The third-order valence-electron chi connectivity index (χ3n) is 7.51. The lowest BCUT2D eigenvalue weighted by Gasteiger charge is -2.41. The molecule has 0 aromatic rings. The zero-order chi connectivity index (χ0) is 22.4. The fourth-order valence-corrected chi connectivity index (χ4v) is 5.40. The van der Waals surface area contributed by atoms with E-state index in [0.717, 1.165) is 58.2 Å². The molecule has 0 aromatic carbocycles. The Kier molecular flexibility index (Phi) is 9.40. The molecule has 0 aliphatic carbocycles. The quantitative estimate of drug-likeness (QED) is 0.238. The summed E-state index contributed by atoms with van der Waals surface area (Å²) in [7, 11) is 0. The summed E-state index contributed by atoms with van der Waals surface area (Å²) in [6.45, 7) is 8.59. The SMILES string of the molecule is CC[C@]1(C)CCC(Cl)CNC(C(C(=O)NC2CNCCC2O[C@@H]2CCNC2)C(N)N)C1. The topological polar surface area (TPSA) is 126 Å². The molecule has 0 radical (unpaired) electrons. The van der Waals surface area contributed by atoms with Crippen LogP contribution in [0.1, 0.15) is 52.4 Å². The van der Waals surface area contributed by atoms with E-state index >= 15 is 0 Å². The van der Waals surface area contributed by atoms with Crippen molar-refractivity contribution in [3.05, 3.63) is 0 Å². The fourth-order valence-electron chi connectivity index (χ4n) is 5.20. The van der Waals surface area contributed by atoms with Gasteiger partial charge in [0.25, 0.3) is 0 Å². The van der Waals surface area contributed by atoms with Crippen LogP contribution in [0.2, 0.25) is 0 Å². The van der Waals surface area contributed by atoms with Crippen LogP contribution in [0, 0.1) is 11.3 Å². The molecule has 0 aromatic heterocycles. The van der Waals surface area contributed by atoms with Crippen LogP contribution in [0.5, 0.6) is 0 Å². The average Bonchev–Trinajstić information content (AvgIpc) is 3.24. The summed E-state index contributed by atoms with van der Waals surface area (Å²) >= 11 is 6.51.